The van der Waals surface area contributed by atoms with E-state index in [0.29, 0.717) is 22.6 Å². The normalized spacial score (nSPS) is 21.3. The number of aryl methyl sites for hydroxylation is 2. The van der Waals surface area contributed by atoms with Crippen LogP contribution in [0.2, 0.25) is 0 Å². The topological polar surface area (TPSA) is 80.5 Å². The third kappa shape index (κ3) is 7.43. The number of nitrogens with zero attached hydrogens (tertiary/aromatic N) is 3. The molecule has 0 spiro atoms. The Kier molecular flexibility index (Phi) is 8.13. The number of hydrogen-bond acceptors (Lipinski definition) is 7. The molecule has 1 N–H and O–H groups in total. The maximum Gasteiger partial charge on any atom is 0.389 e. The van der Waals surface area contributed by atoms with Gasteiger partial charge in [-0.15, -0.1) is 11.3 Å². The van der Waals surface area contributed by atoms with Gasteiger partial charge < -0.3 is 14.6 Å². The molecule has 1 fully saturated rings. The third-order valence-electron chi connectivity index (χ3n) is 6.50. The quantitative estimate of drug-likeness (QED) is 0.549. The molecule has 1 amide bonds. The molecule has 2 aromatic heterocycles. The Morgan fingerprint density at radius 1 is 1.32 bits per heavy atom. The molecule has 0 radical (unpaired) electrons. The smallest absolute Gasteiger partial charge is 0.389 e. The number of hydrogen-bond donors (Lipinski definition) is 1. The van der Waals surface area contributed by atoms with E-state index in [2.05, 4.69) is 20.4 Å². The van der Waals surface area contributed by atoms with Crippen molar-refractivity contribution in [3.05, 3.63) is 27.4 Å². The van der Waals surface area contributed by atoms with Gasteiger partial charge in [-0.1, -0.05) is 0 Å². The molecule has 0 aromatic carbocycles. The summed E-state index contributed by atoms with van der Waals surface area (Å²) in [6, 6.07) is 1.82. The molecule has 1 aliphatic carbocycles. The van der Waals surface area contributed by atoms with Crippen molar-refractivity contribution in [3.8, 4) is 5.88 Å². The van der Waals surface area contributed by atoms with Crippen molar-refractivity contribution in [2.45, 2.75) is 77.1 Å². The highest BCUT2D eigenvalue weighted by Crippen LogP contribution is 2.30. The molecule has 0 atom stereocenters. The Morgan fingerprint density at radius 2 is 2.12 bits per heavy atom. The van der Waals surface area contributed by atoms with Crippen molar-refractivity contribution in [3.63, 3.8) is 0 Å². The van der Waals surface area contributed by atoms with Crippen molar-refractivity contribution in [1.82, 2.24) is 20.4 Å². The van der Waals surface area contributed by atoms with E-state index in [0.717, 1.165) is 68.7 Å². The van der Waals surface area contributed by atoms with Crippen LogP contribution in [0, 0.1) is 12.8 Å². The minimum absolute atomic E-state index is 0.0209. The van der Waals surface area contributed by atoms with E-state index in [1.54, 1.807) is 13.0 Å². The molecule has 11 heteroatoms. The first kappa shape index (κ1) is 25.0. The lowest BCUT2D eigenvalue weighted by molar-refractivity contribution is -0.134. The van der Waals surface area contributed by atoms with Crippen molar-refractivity contribution in [2.24, 2.45) is 5.92 Å². The van der Waals surface area contributed by atoms with Crippen molar-refractivity contribution >= 4 is 17.2 Å². The number of aromatic nitrogens is 2. The lowest BCUT2D eigenvalue weighted by Gasteiger charge is -2.32. The maximum atomic E-state index is 12.5. The molecule has 7 nitrogen and oxygen atoms in total. The first-order valence-corrected chi connectivity index (χ1v) is 12.7. The highest BCUT2D eigenvalue weighted by Gasteiger charge is 2.29. The summed E-state index contributed by atoms with van der Waals surface area (Å²) in [5.74, 6) is 1.43. The molecule has 1 aliphatic heterocycles. The van der Waals surface area contributed by atoms with Crippen LogP contribution in [0.5, 0.6) is 5.88 Å². The van der Waals surface area contributed by atoms with Gasteiger partial charge in [0.1, 0.15) is 5.76 Å². The average Bonchev–Trinajstić information content (AvgIpc) is 3.40. The summed E-state index contributed by atoms with van der Waals surface area (Å²) in [4.78, 5) is 20.1. The van der Waals surface area contributed by atoms with E-state index in [1.165, 1.54) is 11.3 Å². The molecule has 2 aliphatic rings. The van der Waals surface area contributed by atoms with E-state index in [9.17, 15) is 18.0 Å². The molecule has 1 saturated carbocycles. The molecule has 3 heterocycles. The lowest BCUT2D eigenvalue weighted by Crippen LogP contribution is -2.40. The van der Waals surface area contributed by atoms with Crippen LogP contribution in [0.1, 0.15) is 59.9 Å². The summed E-state index contributed by atoms with van der Waals surface area (Å²) in [6.07, 6.45) is 1.07. The summed E-state index contributed by atoms with van der Waals surface area (Å²) in [5.41, 5.74) is 0.961. The SMILES string of the molecule is Cc1cc(OCC(=O)N[C@H]2CC[C@H](CCN3CCc4sc(CCC(F)(F)F)nc4C3)CC2)no1. The van der Waals surface area contributed by atoms with Crippen LogP contribution in [-0.4, -0.2) is 52.9 Å². The van der Waals surface area contributed by atoms with Gasteiger partial charge in [0.25, 0.3) is 11.8 Å². The van der Waals surface area contributed by atoms with Gasteiger partial charge in [-0.25, -0.2) is 4.98 Å². The van der Waals surface area contributed by atoms with Gasteiger partial charge in [-0.3, -0.25) is 9.69 Å². The number of amides is 1. The fourth-order valence-electron chi connectivity index (χ4n) is 4.63. The maximum absolute atomic E-state index is 12.5. The summed E-state index contributed by atoms with van der Waals surface area (Å²) < 4.78 is 47.7. The average molecular weight is 501 g/mol. The zero-order chi connectivity index (χ0) is 24.1. The highest BCUT2D eigenvalue weighted by atomic mass is 32.1. The Balaban J connectivity index is 1.12. The molecule has 2 aromatic rings. The lowest BCUT2D eigenvalue weighted by atomic mass is 9.84. The number of carbonyl (C=O) groups excluding carboxylic acids is 1. The van der Waals surface area contributed by atoms with Crippen LogP contribution < -0.4 is 10.1 Å². The van der Waals surface area contributed by atoms with Crippen LogP contribution >= 0.6 is 11.3 Å². The second kappa shape index (κ2) is 11.1. The van der Waals surface area contributed by atoms with Crippen LogP contribution in [0.3, 0.4) is 0 Å². The number of fused-ring (bicyclic) bond motifs is 1. The van der Waals surface area contributed by atoms with E-state index >= 15 is 0 Å². The fraction of sp³-hybridized carbons (Fsp3) is 0.696. The predicted molar refractivity (Wildman–Crippen MR) is 121 cm³/mol. The molecule has 4 rings (SSSR count). The standard InChI is InChI=1S/C23H31F3N4O3S/c1-15-12-21(29-33-15)32-14-20(31)27-17-4-2-16(3-5-17)7-10-30-11-8-19-18(13-30)28-22(34-19)6-9-23(24,25)26/h12,16-17H,2-11,13-14H2,1H3,(H,27,31)/t16-,17-. The summed E-state index contributed by atoms with van der Waals surface area (Å²) in [7, 11) is 0. The van der Waals surface area contributed by atoms with Gasteiger partial charge >= 0.3 is 6.18 Å². The molecule has 188 valence electrons. The minimum atomic E-state index is -4.13. The van der Waals surface area contributed by atoms with Crippen molar-refractivity contribution in [2.75, 3.05) is 19.7 Å². The monoisotopic (exact) mass is 500 g/mol. The van der Waals surface area contributed by atoms with Gasteiger partial charge in [0.15, 0.2) is 6.61 Å². The molecule has 34 heavy (non-hydrogen) atoms. The zero-order valence-electron chi connectivity index (χ0n) is 19.3. The van der Waals surface area contributed by atoms with E-state index in [4.69, 9.17) is 9.26 Å². The molecule has 0 unspecified atom stereocenters. The van der Waals surface area contributed by atoms with E-state index in [1.807, 2.05) is 0 Å². The van der Waals surface area contributed by atoms with Crippen LogP contribution in [-0.2, 0) is 24.2 Å². The summed E-state index contributed by atoms with van der Waals surface area (Å²) >= 11 is 1.44. The zero-order valence-corrected chi connectivity index (χ0v) is 20.1. The van der Waals surface area contributed by atoms with Crippen LogP contribution in [0.15, 0.2) is 10.6 Å². The number of rotatable bonds is 9. The first-order valence-electron chi connectivity index (χ1n) is 11.9. The van der Waals surface area contributed by atoms with Crippen molar-refractivity contribution < 1.29 is 27.2 Å². The minimum Gasteiger partial charge on any atom is -0.465 e. The Morgan fingerprint density at radius 3 is 2.82 bits per heavy atom. The van der Waals surface area contributed by atoms with Gasteiger partial charge in [0.2, 0.25) is 0 Å². The number of halogens is 3. The van der Waals surface area contributed by atoms with Crippen LogP contribution in [0.25, 0.3) is 0 Å². The molecular formula is C23H31F3N4O3S. The number of ether oxygens (including phenoxy) is 1. The second-order valence-electron chi connectivity index (χ2n) is 9.26. The first-order chi connectivity index (χ1) is 16.2. The molecule has 0 bridgehead atoms. The summed E-state index contributed by atoms with van der Waals surface area (Å²) in [5, 5.41) is 7.36. The van der Waals surface area contributed by atoms with Gasteiger partial charge in [-0.05, 0) is 63.1 Å². The number of carbonyl (C=O) groups is 1. The largest absolute Gasteiger partial charge is 0.465 e. The van der Waals surface area contributed by atoms with Gasteiger partial charge in [0.05, 0.1) is 10.7 Å². The van der Waals surface area contributed by atoms with E-state index in [-0.39, 0.29) is 25.0 Å². The highest BCUT2D eigenvalue weighted by molar-refractivity contribution is 7.11. The molecule has 0 saturated heterocycles. The van der Waals surface area contributed by atoms with Crippen molar-refractivity contribution in [1.29, 1.82) is 0 Å². The summed E-state index contributed by atoms with van der Waals surface area (Å²) in [6.45, 7) is 4.33. The Bertz CT molecular complexity index is 954. The van der Waals surface area contributed by atoms with Crippen LogP contribution in [0.4, 0.5) is 13.2 Å². The van der Waals surface area contributed by atoms with Gasteiger partial charge in [-0.2, -0.15) is 13.2 Å². The Hall–Kier alpha value is -2.14. The number of alkyl halides is 3. The second-order valence-corrected chi connectivity index (χ2v) is 10.4. The van der Waals surface area contributed by atoms with E-state index < -0.39 is 12.6 Å². The number of thiazole rings is 1. The fourth-order valence-corrected chi connectivity index (χ4v) is 5.70. The predicted octanol–water partition coefficient (Wildman–Crippen LogP) is 4.44. The van der Waals surface area contributed by atoms with Gasteiger partial charge in [0, 0.05) is 42.9 Å². The number of nitrogens with one attached hydrogen (secondary N) is 1. The third-order valence-corrected chi connectivity index (χ3v) is 7.71. The Labute approximate surface area is 201 Å². The molecular weight excluding hydrogens is 469 g/mol.